The maximum Gasteiger partial charge on any atom is 0.0325 e. The summed E-state index contributed by atoms with van der Waals surface area (Å²) in [7, 11) is 0. The zero-order valence-electron chi connectivity index (χ0n) is 9.12. The Balaban J connectivity index is 2.05. The quantitative estimate of drug-likeness (QED) is 0.755. The van der Waals surface area contributed by atoms with Gasteiger partial charge in [0.05, 0.1) is 0 Å². The molecule has 0 aliphatic carbocycles. The highest BCUT2D eigenvalue weighted by Gasteiger charge is 2.14. The summed E-state index contributed by atoms with van der Waals surface area (Å²) in [5.74, 6) is 0. The number of benzene rings is 1. The third-order valence-corrected chi connectivity index (χ3v) is 4.19. The third kappa shape index (κ3) is 2.89. The van der Waals surface area contributed by atoms with Crippen LogP contribution in [0.5, 0.6) is 0 Å². The minimum atomic E-state index is 0.708. The number of aryl methyl sites for hydroxylation is 1. The number of thioether (sulfide) groups is 1. The number of rotatable bonds is 2. The topological polar surface area (TPSA) is 38.0 Å². The van der Waals surface area contributed by atoms with Gasteiger partial charge in [0.15, 0.2) is 0 Å². The first-order chi connectivity index (χ1) is 7.25. The third-order valence-electron chi connectivity index (χ3n) is 2.76. The van der Waals surface area contributed by atoms with Crippen molar-refractivity contribution >= 4 is 17.4 Å². The molecule has 0 amide bonds. The molecule has 3 heteroatoms. The van der Waals surface area contributed by atoms with E-state index in [9.17, 15) is 0 Å². The smallest absolute Gasteiger partial charge is 0.0325 e. The summed E-state index contributed by atoms with van der Waals surface area (Å²) >= 11 is 1.96. The fraction of sp³-hybridized carbons (Fsp3) is 0.500. The van der Waals surface area contributed by atoms with E-state index in [4.69, 9.17) is 5.73 Å². The minimum Gasteiger partial charge on any atom is -0.399 e. The Morgan fingerprint density at radius 3 is 3.07 bits per heavy atom. The molecule has 82 valence electrons. The van der Waals surface area contributed by atoms with E-state index in [1.54, 1.807) is 0 Å². The number of nitrogens with one attached hydrogen (secondary N) is 1. The molecule has 3 N–H and O–H groups in total. The summed E-state index contributed by atoms with van der Waals surface area (Å²) in [5.41, 5.74) is 8.00. The minimum absolute atomic E-state index is 0.708. The second kappa shape index (κ2) is 4.90. The molecule has 1 aliphatic rings. The van der Waals surface area contributed by atoms with Crippen LogP contribution in [0.2, 0.25) is 0 Å². The van der Waals surface area contributed by atoms with Crippen LogP contribution >= 0.6 is 11.8 Å². The molecule has 0 radical (unpaired) electrons. The van der Waals surface area contributed by atoms with E-state index in [0.29, 0.717) is 5.25 Å². The lowest BCUT2D eigenvalue weighted by Crippen LogP contribution is -2.31. The molecule has 1 saturated heterocycles. The second-order valence-corrected chi connectivity index (χ2v) is 5.45. The van der Waals surface area contributed by atoms with Gasteiger partial charge < -0.3 is 11.1 Å². The summed E-state index contributed by atoms with van der Waals surface area (Å²) in [5, 5.41) is 4.14. The zero-order valence-corrected chi connectivity index (χ0v) is 9.94. The molecule has 0 bridgehead atoms. The zero-order chi connectivity index (χ0) is 10.7. The largest absolute Gasteiger partial charge is 0.399 e. The van der Waals surface area contributed by atoms with Gasteiger partial charge in [-0.1, -0.05) is 6.07 Å². The summed E-state index contributed by atoms with van der Waals surface area (Å²) in [6.07, 6.45) is 2.60. The van der Waals surface area contributed by atoms with E-state index in [1.807, 2.05) is 17.8 Å². The Morgan fingerprint density at radius 1 is 1.47 bits per heavy atom. The first-order valence-electron chi connectivity index (χ1n) is 5.49. The predicted molar refractivity (Wildman–Crippen MR) is 67.3 cm³/mol. The van der Waals surface area contributed by atoms with Gasteiger partial charge in [-0.3, -0.25) is 0 Å². The molecule has 0 spiro atoms. The van der Waals surface area contributed by atoms with Crippen molar-refractivity contribution in [1.82, 2.24) is 5.32 Å². The molecule has 1 atom stereocenters. The molecule has 1 aliphatic heterocycles. The lowest BCUT2D eigenvalue weighted by Gasteiger charge is -2.22. The molecule has 15 heavy (non-hydrogen) atoms. The normalized spacial score (nSPS) is 21.5. The Labute approximate surface area is 95.6 Å². The SMILES string of the molecule is Cc1ccc(N)cc1SC1CCCNC1. The van der Waals surface area contributed by atoms with Crippen LogP contribution in [0.3, 0.4) is 0 Å². The summed E-state index contributed by atoms with van der Waals surface area (Å²) in [6.45, 7) is 4.45. The lowest BCUT2D eigenvalue weighted by molar-refractivity contribution is 0.531. The number of hydrogen-bond acceptors (Lipinski definition) is 3. The summed E-state index contributed by atoms with van der Waals surface area (Å²) in [4.78, 5) is 1.34. The standard InChI is InChI=1S/C12H18N2S/c1-9-4-5-10(13)7-12(9)15-11-3-2-6-14-8-11/h4-5,7,11,14H,2-3,6,8,13H2,1H3. The van der Waals surface area contributed by atoms with Crippen molar-refractivity contribution in [1.29, 1.82) is 0 Å². The van der Waals surface area contributed by atoms with E-state index in [-0.39, 0.29) is 0 Å². The molecule has 1 aromatic carbocycles. The second-order valence-electron chi connectivity index (χ2n) is 4.11. The summed E-state index contributed by atoms with van der Waals surface area (Å²) < 4.78 is 0. The highest BCUT2D eigenvalue weighted by Crippen LogP contribution is 2.31. The Bertz CT molecular complexity index is 332. The van der Waals surface area contributed by atoms with Crippen molar-refractivity contribution in [2.75, 3.05) is 18.8 Å². The molecular weight excluding hydrogens is 204 g/mol. The van der Waals surface area contributed by atoms with Crippen LogP contribution in [0.1, 0.15) is 18.4 Å². The monoisotopic (exact) mass is 222 g/mol. The Morgan fingerprint density at radius 2 is 2.33 bits per heavy atom. The van der Waals surface area contributed by atoms with Crippen molar-refractivity contribution in [3.63, 3.8) is 0 Å². The van der Waals surface area contributed by atoms with Crippen molar-refractivity contribution < 1.29 is 0 Å². The maximum absolute atomic E-state index is 5.80. The molecule has 1 unspecified atom stereocenters. The van der Waals surface area contributed by atoms with Gasteiger partial charge in [-0.05, 0) is 44.0 Å². The van der Waals surface area contributed by atoms with Gasteiger partial charge >= 0.3 is 0 Å². The number of anilines is 1. The van der Waals surface area contributed by atoms with Gasteiger partial charge in [0.2, 0.25) is 0 Å². The molecule has 1 heterocycles. The van der Waals surface area contributed by atoms with Crippen molar-refractivity contribution in [2.45, 2.75) is 29.9 Å². The first-order valence-corrected chi connectivity index (χ1v) is 6.37. The number of hydrogen-bond donors (Lipinski definition) is 2. The van der Waals surface area contributed by atoms with Crippen LogP contribution in [0.25, 0.3) is 0 Å². The number of nitrogens with two attached hydrogens (primary N) is 1. The van der Waals surface area contributed by atoms with Gasteiger partial charge in [0, 0.05) is 22.4 Å². The van der Waals surface area contributed by atoms with Crippen LogP contribution < -0.4 is 11.1 Å². The van der Waals surface area contributed by atoms with E-state index in [1.165, 1.54) is 29.8 Å². The molecule has 2 rings (SSSR count). The maximum atomic E-state index is 5.80. The van der Waals surface area contributed by atoms with Crippen LogP contribution in [-0.2, 0) is 0 Å². The Hall–Kier alpha value is -0.670. The average molecular weight is 222 g/mol. The van der Waals surface area contributed by atoms with Gasteiger partial charge in [0.1, 0.15) is 0 Å². The van der Waals surface area contributed by atoms with E-state index < -0.39 is 0 Å². The van der Waals surface area contributed by atoms with Crippen molar-refractivity contribution in [3.05, 3.63) is 23.8 Å². The van der Waals surface area contributed by atoms with Gasteiger partial charge in [-0.25, -0.2) is 0 Å². The molecule has 1 aromatic rings. The lowest BCUT2D eigenvalue weighted by atomic mass is 10.2. The van der Waals surface area contributed by atoms with E-state index in [0.717, 1.165) is 12.2 Å². The first kappa shape index (κ1) is 10.8. The molecule has 0 aromatic heterocycles. The molecule has 1 fully saturated rings. The van der Waals surface area contributed by atoms with E-state index >= 15 is 0 Å². The highest BCUT2D eigenvalue weighted by atomic mass is 32.2. The van der Waals surface area contributed by atoms with Crippen molar-refractivity contribution in [3.8, 4) is 0 Å². The molecular formula is C12H18N2S. The predicted octanol–water partition coefficient (Wildman–Crippen LogP) is 2.42. The number of nitrogen functional groups attached to an aromatic ring is 1. The fourth-order valence-electron chi connectivity index (χ4n) is 1.84. The summed E-state index contributed by atoms with van der Waals surface area (Å²) in [6, 6.07) is 6.17. The Kier molecular flexibility index (Phi) is 3.54. The van der Waals surface area contributed by atoms with Gasteiger partial charge in [0.25, 0.3) is 0 Å². The van der Waals surface area contributed by atoms with Crippen LogP contribution in [0.4, 0.5) is 5.69 Å². The highest BCUT2D eigenvalue weighted by molar-refractivity contribution is 8.00. The van der Waals surface area contributed by atoms with E-state index in [2.05, 4.69) is 24.4 Å². The van der Waals surface area contributed by atoms with Crippen molar-refractivity contribution in [2.24, 2.45) is 0 Å². The van der Waals surface area contributed by atoms with Gasteiger partial charge in [-0.15, -0.1) is 11.8 Å². The molecule has 2 nitrogen and oxygen atoms in total. The number of piperidine rings is 1. The van der Waals surface area contributed by atoms with Gasteiger partial charge in [-0.2, -0.15) is 0 Å². The molecule has 0 saturated carbocycles. The van der Waals surface area contributed by atoms with Crippen LogP contribution in [0.15, 0.2) is 23.1 Å². The van der Waals surface area contributed by atoms with Crippen LogP contribution in [0, 0.1) is 6.92 Å². The van der Waals surface area contributed by atoms with Crippen LogP contribution in [-0.4, -0.2) is 18.3 Å². The average Bonchev–Trinajstić information content (AvgIpc) is 2.25. The fourth-order valence-corrected chi connectivity index (χ4v) is 3.15.